The number of nitrogens with two attached hydrogens (primary N) is 1. The maximum atomic E-state index is 9.99. The van der Waals surface area contributed by atoms with Crippen molar-refractivity contribution in [1.29, 1.82) is 5.26 Å². The van der Waals surface area contributed by atoms with Crippen LogP contribution >= 0.6 is 23.2 Å². The van der Waals surface area contributed by atoms with Gasteiger partial charge in [-0.3, -0.25) is 4.98 Å². The molecule has 0 aliphatic heterocycles. The van der Waals surface area contributed by atoms with Crippen LogP contribution in [0, 0.1) is 11.3 Å². The Bertz CT molecular complexity index is 2370. The SMILES string of the molecule is CCc1ccc(CCOc2ccc(-c3cc(-c4ccc(Nc5nc(Nc6ccc(Cl)cc6)nc(Nc6ccc(Cl)cc6)n5)cc4)nc(N)c3C#N)cc2)nc1. The summed E-state index contributed by atoms with van der Waals surface area (Å²) in [7, 11) is 0. The number of hydrogen-bond donors (Lipinski definition) is 4. The van der Waals surface area contributed by atoms with Crippen molar-refractivity contribution in [2.45, 2.75) is 19.8 Å². The van der Waals surface area contributed by atoms with Gasteiger partial charge in [0.05, 0.1) is 12.3 Å². The van der Waals surface area contributed by atoms with Crippen LogP contribution in [-0.4, -0.2) is 31.5 Å². The van der Waals surface area contributed by atoms with Crippen LogP contribution in [-0.2, 0) is 12.8 Å². The fraction of sp³-hybridized carbons (Fsp3) is 0.0952. The molecule has 0 fully saturated rings. The number of anilines is 7. The number of nitriles is 1. The highest BCUT2D eigenvalue weighted by molar-refractivity contribution is 6.30. The van der Waals surface area contributed by atoms with Crippen molar-refractivity contribution in [3.8, 4) is 34.2 Å². The predicted octanol–water partition coefficient (Wildman–Crippen LogP) is 10.2. The summed E-state index contributed by atoms with van der Waals surface area (Å²) in [6.45, 7) is 2.60. The Balaban J connectivity index is 1.08. The minimum absolute atomic E-state index is 0.144. The van der Waals surface area contributed by atoms with Gasteiger partial charge >= 0.3 is 0 Å². The Hall–Kier alpha value is -6.74. The number of nitrogen functional groups attached to an aromatic ring is 1. The quantitative estimate of drug-likeness (QED) is 0.0885. The lowest BCUT2D eigenvalue weighted by Crippen LogP contribution is -2.07. The van der Waals surface area contributed by atoms with E-state index in [1.54, 1.807) is 24.3 Å². The number of rotatable bonds is 13. The summed E-state index contributed by atoms with van der Waals surface area (Å²) in [5, 5.41) is 20.9. The van der Waals surface area contributed by atoms with E-state index in [2.05, 4.69) is 59.9 Å². The molecule has 0 saturated carbocycles. The first-order valence-electron chi connectivity index (χ1n) is 17.4. The smallest absolute Gasteiger partial charge is 0.233 e. The largest absolute Gasteiger partial charge is 0.493 e. The molecule has 0 atom stereocenters. The molecule has 0 radical (unpaired) electrons. The number of aryl methyl sites for hydroxylation is 1. The van der Waals surface area contributed by atoms with Gasteiger partial charge in [-0.2, -0.15) is 20.2 Å². The molecule has 5 N–H and O–H groups in total. The van der Waals surface area contributed by atoms with Crippen LogP contribution in [0.1, 0.15) is 23.7 Å². The van der Waals surface area contributed by atoms with Gasteiger partial charge in [-0.25, -0.2) is 4.98 Å². The van der Waals surface area contributed by atoms with E-state index >= 15 is 0 Å². The number of aromatic nitrogens is 5. The van der Waals surface area contributed by atoms with Crippen molar-refractivity contribution in [2.75, 3.05) is 28.3 Å². The number of ether oxygens (including phenoxy) is 1. The van der Waals surface area contributed by atoms with Crippen molar-refractivity contribution >= 4 is 63.9 Å². The zero-order valence-corrected chi connectivity index (χ0v) is 31.1. The third kappa shape index (κ3) is 9.44. The summed E-state index contributed by atoms with van der Waals surface area (Å²) in [4.78, 5) is 22.8. The molecule has 0 amide bonds. The van der Waals surface area contributed by atoms with Crippen LogP contribution in [0.3, 0.4) is 0 Å². The number of halogens is 2. The van der Waals surface area contributed by atoms with Gasteiger partial charge in [0.25, 0.3) is 0 Å². The number of pyridine rings is 2. The van der Waals surface area contributed by atoms with Crippen LogP contribution in [0.2, 0.25) is 10.0 Å². The third-order valence-corrected chi connectivity index (χ3v) is 9.02. The molecule has 7 rings (SSSR count). The lowest BCUT2D eigenvalue weighted by Gasteiger charge is -2.13. The van der Waals surface area contributed by atoms with E-state index in [0.29, 0.717) is 57.7 Å². The Morgan fingerprint density at radius 1 is 0.673 bits per heavy atom. The molecule has 11 nitrogen and oxygen atoms in total. The topological polar surface area (TPSA) is 160 Å². The highest BCUT2D eigenvalue weighted by Crippen LogP contribution is 2.33. The Labute approximate surface area is 328 Å². The minimum Gasteiger partial charge on any atom is -0.493 e. The fourth-order valence-electron chi connectivity index (χ4n) is 5.60. The monoisotopic (exact) mass is 764 g/mol. The second-order valence-electron chi connectivity index (χ2n) is 12.3. The number of nitrogens with zero attached hydrogens (tertiary/aromatic N) is 6. The average molecular weight is 766 g/mol. The Kier molecular flexibility index (Phi) is 11.3. The van der Waals surface area contributed by atoms with Crippen molar-refractivity contribution < 1.29 is 4.74 Å². The maximum Gasteiger partial charge on any atom is 0.233 e. The third-order valence-electron chi connectivity index (χ3n) is 8.52. The summed E-state index contributed by atoms with van der Waals surface area (Å²) in [6.07, 6.45) is 3.56. The van der Waals surface area contributed by atoms with Gasteiger partial charge < -0.3 is 26.4 Å². The lowest BCUT2D eigenvalue weighted by molar-refractivity contribution is 0.320. The van der Waals surface area contributed by atoms with E-state index in [1.807, 2.05) is 91.1 Å². The normalized spacial score (nSPS) is 10.7. The van der Waals surface area contributed by atoms with E-state index in [9.17, 15) is 5.26 Å². The van der Waals surface area contributed by atoms with Crippen LogP contribution in [0.25, 0.3) is 22.4 Å². The Morgan fingerprint density at radius 2 is 1.20 bits per heavy atom. The molecule has 0 aliphatic carbocycles. The highest BCUT2D eigenvalue weighted by atomic mass is 35.5. The highest BCUT2D eigenvalue weighted by Gasteiger charge is 2.15. The second kappa shape index (κ2) is 16.9. The predicted molar refractivity (Wildman–Crippen MR) is 220 cm³/mol. The standard InChI is InChI=1S/C42H34Cl2N10O/c1-2-26-3-12-31(47-25-26)21-22-55-35-19-6-27(7-20-35)36-23-38(51-39(46)37(36)24-45)28-4-13-32(14-5-28)48-40-52-41(49-33-15-8-29(43)9-16-33)54-42(53-40)50-34-17-10-30(44)11-18-34/h3-20,23,25H,2,21-22H2,1H3,(H2,46,51)(H3,48,49,50,52,53,54). The van der Waals surface area contributed by atoms with Crippen LogP contribution < -0.4 is 26.4 Å². The fourth-order valence-corrected chi connectivity index (χ4v) is 5.85. The first-order valence-corrected chi connectivity index (χ1v) is 18.1. The lowest BCUT2D eigenvalue weighted by atomic mass is 9.98. The molecule has 272 valence electrons. The van der Waals surface area contributed by atoms with Gasteiger partial charge in [0.15, 0.2) is 0 Å². The van der Waals surface area contributed by atoms with E-state index in [1.165, 1.54) is 5.56 Å². The number of benzene rings is 4. The molecule has 0 spiro atoms. The number of nitrogens with one attached hydrogen (secondary N) is 3. The zero-order chi connectivity index (χ0) is 38.1. The molecule has 3 aromatic heterocycles. The van der Waals surface area contributed by atoms with Crippen molar-refractivity contribution in [2.24, 2.45) is 0 Å². The van der Waals surface area contributed by atoms with Gasteiger partial charge in [-0.05, 0) is 102 Å². The van der Waals surface area contributed by atoms with E-state index in [0.717, 1.165) is 46.1 Å². The van der Waals surface area contributed by atoms with E-state index in [4.69, 9.17) is 33.7 Å². The molecule has 0 saturated heterocycles. The summed E-state index contributed by atoms with van der Waals surface area (Å²) in [6, 6.07) is 37.8. The van der Waals surface area contributed by atoms with Crippen molar-refractivity contribution in [3.05, 3.63) is 148 Å². The summed E-state index contributed by atoms with van der Waals surface area (Å²) >= 11 is 12.2. The molecule has 4 aromatic carbocycles. The summed E-state index contributed by atoms with van der Waals surface area (Å²) in [5.74, 6) is 1.79. The molecule has 0 aliphatic rings. The van der Waals surface area contributed by atoms with Gasteiger partial charge in [-0.1, -0.05) is 60.5 Å². The van der Waals surface area contributed by atoms with Crippen molar-refractivity contribution in [1.82, 2.24) is 24.9 Å². The molecule has 13 heteroatoms. The molecule has 7 aromatic rings. The summed E-state index contributed by atoms with van der Waals surface area (Å²) < 4.78 is 5.98. The number of hydrogen-bond acceptors (Lipinski definition) is 11. The average Bonchev–Trinajstić information content (AvgIpc) is 3.20. The van der Waals surface area contributed by atoms with Crippen LogP contribution in [0.15, 0.2) is 121 Å². The second-order valence-corrected chi connectivity index (χ2v) is 13.2. The first-order chi connectivity index (χ1) is 26.8. The molecular weight excluding hydrogens is 731 g/mol. The first kappa shape index (κ1) is 36.6. The maximum absolute atomic E-state index is 9.99. The van der Waals surface area contributed by atoms with Gasteiger partial charge in [0.2, 0.25) is 17.8 Å². The van der Waals surface area contributed by atoms with Gasteiger partial charge in [0.1, 0.15) is 23.2 Å². The summed E-state index contributed by atoms with van der Waals surface area (Å²) in [5.41, 5.74) is 14.0. The van der Waals surface area contributed by atoms with Crippen molar-refractivity contribution in [3.63, 3.8) is 0 Å². The Morgan fingerprint density at radius 3 is 1.69 bits per heavy atom. The molecule has 55 heavy (non-hydrogen) atoms. The molecule has 0 unspecified atom stereocenters. The molecular formula is C42H34Cl2N10O. The van der Waals surface area contributed by atoms with E-state index in [-0.39, 0.29) is 5.82 Å². The van der Waals surface area contributed by atoms with Gasteiger partial charge in [0, 0.05) is 56.5 Å². The minimum atomic E-state index is 0.144. The van der Waals surface area contributed by atoms with Crippen LogP contribution in [0.5, 0.6) is 5.75 Å². The van der Waals surface area contributed by atoms with E-state index < -0.39 is 0 Å². The van der Waals surface area contributed by atoms with Crippen LogP contribution in [0.4, 0.5) is 40.7 Å². The molecule has 0 bridgehead atoms. The van der Waals surface area contributed by atoms with Gasteiger partial charge in [-0.15, -0.1) is 0 Å². The zero-order valence-electron chi connectivity index (χ0n) is 29.6. The molecule has 3 heterocycles.